The molecule has 1 fully saturated rings. The average molecular weight is 327 g/mol. The molecular formula is C18H21N3O3. The predicted octanol–water partition coefficient (Wildman–Crippen LogP) is 3.38. The number of nitro groups is 1. The molecule has 1 aliphatic rings. The van der Waals surface area contributed by atoms with Crippen LogP contribution in [0.15, 0.2) is 48.5 Å². The number of hydrogen-bond acceptors (Lipinski definition) is 5. The Morgan fingerprint density at radius 1 is 1.17 bits per heavy atom. The molecule has 1 aliphatic heterocycles. The first-order valence-corrected chi connectivity index (χ1v) is 8.12. The van der Waals surface area contributed by atoms with Crippen LogP contribution in [0.25, 0.3) is 0 Å². The van der Waals surface area contributed by atoms with Crippen molar-refractivity contribution in [3.8, 4) is 5.75 Å². The summed E-state index contributed by atoms with van der Waals surface area (Å²) in [7, 11) is 0. The second kappa shape index (κ2) is 7.31. The zero-order valence-corrected chi connectivity index (χ0v) is 13.4. The largest absolute Gasteiger partial charge is 0.508 e. The Morgan fingerprint density at radius 3 is 2.54 bits per heavy atom. The summed E-state index contributed by atoms with van der Waals surface area (Å²) < 4.78 is 0. The van der Waals surface area contributed by atoms with Crippen molar-refractivity contribution >= 4 is 11.4 Å². The number of benzene rings is 2. The van der Waals surface area contributed by atoms with Gasteiger partial charge in [-0.25, -0.2) is 0 Å². The Kier molecular flexibility index (Phi) is 4.96. The van der Waals surface area contributed by atoms with E-state index in [2.05, 4.69) is 22.3 Å². The topological polar surface area (TPSA) is 78.6 Å². The second-order valence-electron chi connectivity index (χ2n) is 6.14. The number of piperidine rings is 1. The quantitative estimate of drug-likeness (QED) is 0.500. The standard InChI is InChI=1S/C18H21N3O3/c22-16-6-7-17(18(12-16)21(23)24)19-15-8-10-20(11-9-15)13-14-4-2-1-3-5-14/h1-7,12,15,19,22H,8-11,13H2. The van der Waals surface area contributed by atoms with E-state index in [9.17, 15) is 15.2 Å². The number of aromatic hydroxyl groups is 1. The molecule has 0 amide bonds. The molecule has 6 nitrogen and oxygen atoms in total. The number of anilines is 1. The summed E-state index contributed by atoms with van der Waals surface area (Å²) in [5.41, 5.74) is 1.69. The van der Waals surface area contributed by atoms with Gasteiger partial charge in [-0.1, -0.05) is 30.3 Å². The predicted molar refractivity (Wildman–Crippen MR) is 93.1 cm³/mol. The lowest BCUT2D eigenvalue weighted by Crippen LogP contribution is -2.38. The number of likely N-dealkylation sites (tertiary alicyclic amines) is 1. The molecule has 0 aliphatic carbocycles. The fourth-order valence-corrected chi connectivity index (χ4v) is 3.09. The molecular weight excluding hydrogens is 306 g/mol. The summed E-state index contributed by atoms with van der Waals surface area (Å²) in [6.45, 7) is 2.85. The van der Waals surface area contributed by atoms with Crippen molar-refractivity contribution in [1.82, 2.24) is 4.90 Å². The fraction of sp³-hybridized carbons (Fsp3) is 0.333. The van der Waals surface area contributed by atoms with Crippen LogP contribution in [-0.2, 0) is 6.54 Å². The van der Waals surface area contributed by atoms with Crippen molar-refractivity contribution < 1.29 is 10.0 Å². The third kappa shape index (κ3) is 4.02. The van der Waals surface area contributed by atoms with Crippen molar-refractivity contribution in [3.63, 3.8) is 0 Å². The monoisotopic (exact) mass is 327 g/mol. The third-order valence-electron chi connectivity index (χ3n) is 4.37. The van der Waals surface area contributed by atoms with Crippen molar-refractivity contribution in [2.24, 2.45) is 0 Å². The number of phenols is 1. The van der Waals surface area contributed by atoms with Gasteiger partial charge >= 0.3 is 0 Å². The molecule has 1 saturated heterocycles. The van der Waals surface area contributed by atoms with E-state index in [-0.39, 0.29) is 17.5 Å². The minimum atomic E-state index is -0.466. The number of nitro benzene ring substituents is 1. The zero-order chi connectivity index (χ0) is 16.9. The van der Waals surface area contributed by atoms with Crippen LogP contribution in [0.3, 0.4) is 0 Å². The molecule has 0 saturated carbocycles. The molecule has 0 aromatic heterocycles. The lowest BCUT2D eigenvalue weighted by molar-refractivity contribution is -0.384. The van der Waals surface area contributed by atoms with Gasteiger partial charge in [0.2, 0.25) is 0 Å². The van der Waals surface area contributed by atoms with Gasteiger partial charge in [0.05, 0.1) is 11.0 Å². The minimum absolute atomic E-state index is 0.0817. The molecule has 6 heteroatoms. The molecule has 0 atom stereocenters. The summed E-state index contributed by atoms with van der Waals surface area (Å²) in [4.78, 5) is 13.1. The summed E-state index contributed by atoms with van der Waals surface area (Å²) in [6, 6.07) is 14.8. The Morgan fingerprint density at radius 2 is 1.88 bits per heavy atom. The Bertz CT molecular complexity index is 698. The van der Waals surface area contributed by atoms with Crippen LogP contribution in [0.2, 0.25) is 0 Å². The molecule has 0 spiro atoms. The van der Waals surface area contributed by atoms with Gasteiger partial charge in [-0.05, 0) is 30.5 Å². The first-order valence-electron chi connectivity index (χ1n) is 8.12. The summed E-state index contributed by atoms with van der Waals surface area (Å²) in [6.07, 6.45) is 1.87. The van der Waals surface area contributed by atoms with Crippen LogP contribution in [0.1, 0.15) is 18.4 Å². The van der Waals surface area contributed by atoms with E-state index < -0.39 is 4.92 Å². The molecule has 2 aromatic rings. The lowest BCUT2D eigenvalue weighted by Gasteiger charge is -2.32. The van der Waals surface area contributed by atoms with Gasteiger partial charge in [0.25, 0.3) is 5.69 Å². The SMILES string of the molecule is O=[N+]([O-])c1cc(O)ccc1NC1CCN(Cc2ccccc2)CC1. The van der Waals surface area contributed by atoms with Crippen LogP contribution in [0, 0.1) is 10.1 Å². The van der Waals surface area contributed by atoms with Gasteiger partial charge in [-0.15, -0.1) is 0 Å². The van der Waals surface area contributed by atoms with Crippen molar-refractivity contribution in [1.29, 1.82) is 0 Å². The van der Waals surface area contributed by atoms with E-state index in [1.54, 1.807) is 6.07 Å². The third-order valence-corrected chi connectivity index (χ3v) is 4.37. The average Bonchev–Trinajstić information content (AvgIpc) is 2.59. The van der Waals surface area contributed by atoms with Gasteiger partial charge < -0.3 is 10.4 Å². The van der Waals surface area contributed by atoms with Crippen LogP contribution in [-0.4, -0.2) is 34.1 Å². The fourth-order valence-electron chi connectivity index (χ4n) is 3.09. The Labute approximate surface area is 140 Å². The minimum Gasteiger partial charge on any atom is -0.508 e. The van der Waals surface area contributed by atoms with E-state index in [1.807, 2.05) is 18.2 Å². The van der Waals surface area contributed by atoms with E-state index in [0.29, 0.717) is 5.69 Å². The van der Waals surface area contributed by atoms with E-state index in [0.717, 1.165) is 32.5 Å². The molecule has 24 heavy (non-hydrogen) atoms. The molecule has 0 radical (unpaired) electrons. The first-order chi connectivity index (χ1) is 11.6. The summed E-state index contributed by atoms with van der Waals surface area (Å²) >= 11 is 0. The van der Waals surface area contributed by atoms with Crippen molar-refractivity contribution in [2.75, 3.05) is 18.4 Å². The zero-order valence-electron chi connectivity index (χ0n) is 13.4. The Balaban J connectivity index is 1.57. The van der Waals surface area contributed by atoms with Gasteiger partial charge in [0.15, 0.2) is 0 Å². The van der Waals surface area contributed by atoms with Crippen LogP contribution < -0.4 is 5.32 Å². The van der Waals surface area contributed by atoms with E-state index >= 15 is 0 Å². The van der Waals surface area contributed by atoms with Crippen molar-refractivity contribution in [3.05, 3.63) is 64.2 Å². The van der Waals surface area contributed by atoms with Crippen LogP contribution in [0.4, 0.5) is 11.4 Å². The van der Waals surface area contributed by atoms with Gasteiger partial charge in [0.1, 0.15) is 11.4 Å². The van der Waals surface area contributed by atoms with E-state index in [4.69, 9.17) is 0 Å². The number of phenolic OH excluding ortho intramolecular Hbond substituents is 1. The molecule has 3 rings (SSSR count). The highest BCUT2D eigenvalue weighted by Gasteiger charge is 2.22. The maximum absolute atomic E-state index is 11.1. The smallest absolute Gasteiger partial charge is 0.296 e. The highest BCUT2D eigenvalue weighted by atomic mass is 16.6. The Hall–Kier alpha value is -2.60. The van der Waals surface area contributed by atoms with Gasteiger partial charge in [0, 0.05) is 25.7 Å². The number of rotatable bonds is 5. The van der Waals surface area contributed by atoms with Crippen LogP contribution >= 0.6 is 0 Å². The normalized spacial score (nSPS) is 16.0. The molecule has 0 bridgehead atoms. The maximum Gasteiger partial charge on any atom is 0.296 e. The molecule has 1 heterocycles. The van der Waals surface area contributed by atoms with E-state index in [1.165, 1.54) is 17.7 Å². The number of hydrogen-bond donors (Lipinski definition) is 2. The summed E-state index contributed by atoms with van der Waals surface area (Å²) in [5.74, 6) is -0.0927. The molecule has 126 valence electrons. The summed E-state index contributed by atoms with van der Waals surface area (Å²) in [5, 5.41) is 23.8. The van der Waals surface area contributed by atoms with Gasteiger partial charge in [-0.3, -0.25) is 15.0 Å². The lowest BCUT2D eigenvalue weighted by atomic mass is 10.0. The van der Waals surface area contributed by atoms with Crippen molar-refractivity contribution in [2.45, 2.75) is 25.4 Å². The van der Waals surface area contributed by atoms with Gasteiger partial charge in [-0.2, -0.15) is 0 Å². The molecule has 2 N–H and O–H groups in total. The molecule has 2 aromatic carbocycles. The maximum atomic E-state index is 11.1. The number of nitrogens with zero attached hydrogens (tertiary/aromatic N) is 2. The number of nitrogens with one attached hydrogen (secondary N) is 1. The first kappa shape index (κ1) is 16.3. The second-order valence-corrected chi connectivity index (χ2v) is 6.14. The van der Waals surface area contributed by atoms with Crippen LogP contribution in [0.5, 0.6) is 5.75 Å². The highest BCUT2D eigenvalue weighted by Crippen LogP contribution is 2.30. The highest BCUT2D eigenvalue weighted by molar-refractivity contribution is 5.64. The molecule has 0 unspecified atom stereocenters.